The molecule has 0 aliphatic carbocycles. The first-order chi connectivity index (χ1) is 9.93. The second-order valence-corrected chi connectivity index (χ2v) is 5.95. The summed E-state index contributed by atoms with van der Waals surface area (Å²) in [4.78, 5) is 4.70. The molecule has 0 saturated carbocycles. The lowest BCUT2D eigenvalue weighted by atomic mass is 10.3. The van der Waals surface area contributed by atoms with E-state index in [9.17, 15) is 0 Å². The molecular weight excluding hydrogens is 288 g/mol. The van der Waals surface area contributed by atoms with E-state index in [1.54, 1.807) is 0 Å². The van der Waals surface area contributed by atoms with Crippen molar-refractivity contribution in [1.82, 2.24) is 29.1 Å². The van der Waals surface area contributed by atoms with Gasteiger partial charge in [0.25, 0.3) is 0 Å². The molecule has 0 aromatic carbocycles. The lowest BCUT2D eigenvalue weighted by Gasteiger charge is -2.10. The molecule has 0 N–H and O–H groups in total. The van der Waals surface area contributed by atoms with Crippen molar-refractivity contribution < 1.29 is 0 Å². The number of nitrogens with zero attached hydrogens (tertiary/aromatic N) is 6. The average Bonchev–Trinajstić information content (AvgIpc) is 3.04. The maximum absolute atomic E-state index is 6.35. The lowest BCUT2D eigenvalue weighted by molar-refractivity contribution is 0.746. The summed E-state index contributed by atoms with van der Waals surface area (Å²) < 4.78 is 5.76. The smallest absolute Gasteiger partial charge is 0.163 e. The van der Waals surface area contributed by atoms with Crippen molar-refractivity contribution in [3.05, 3.63) is 23.4 Å². The van der Waals surface area contributed by atoms with Crippen molar-refractivity contribution >= 4 is 22.8 Å². The molecular formula is C14H19ClN6. The molecule has 7 heteroatoms. The Balaban J connectivity index is 2.41. The number of hydrogen-bond donors (Lipinski definition) is 0. The summed E-state index contributed by atoms with van der Waals surface area (Å²) in [5.74, 6) is 0.825. The van der Waals surface area contributed by atoms with E-state index in [0.717, 1.165) is 40.5 Å². The zero-order valence-corrected chi connectivity index (χ0v) is 13.7. The normalized spacial score (nSPS) is 13.2. The van der Waals surface area contributed by atoms with Crippen molar-refractivity contribution in [2.45, 2.75) is 32.6 Å². The van der Waals surface area contributed by atoms with Gasteiger partial charge in [-0.3, -0.25) is 9.25 Å². The van der Waals surface area contributed by atoms with Crippen LogP contribution in [0.3, 0.4) is 0 Å². The van der Waals surface area contributed by atoms with E-state index in [1.807, 2.05) is 43.5 Å². The molecule has 0 saturated heterocycles. The number of imidazole rings is 1. The van der Waals surface area contributed by atoms with E-state index < -0.39 is 0 Å². The summed E-state index contributed by atoms with van der Waals surface area (Å²) in [6.45, 7) is 5.99. The molecule has 0 aliphatic heterocycles. The van der Waals surface area contributed by atoms with Crippen molar-refractivity contribution in [2.24, 2.45) is 14.1 Å². The number of hydrogen-bond acceptors (Lipinski definition) is 3. The quantitative estimate of drug-likeness (QED) is 0.699. The lowest BCUT2D eigenvalue weighted by Crippen LogP contribution is -2.07. The standard InChI is InChI=1S/C14H19ClN6/c1-6-10-11(7-19(4)18-10)21-13(8(2)15)16-12-9(3)17-20(5)14(12)21/h7-8H,6H2,1-5H3. The van der Waals surface area contributed by atoms with Gasteiger partial charge < -0.3 is 0 Å². The first-order valence-electron chi connectivity index (χ1n) is 7.03. The maximum Gasteiger partial charge on any atom is 0.163 e. The summed E-state index contributed by atoms with van der Waals surface area (Å²) >= 11 is 6.35. The third-order valence-electron chi connectivity index (χ3n) is 3.64. The van der Waals surface area contributed by atoms with Crippen LogP contribution in [0, 0.1) is 6.92 Å². The monoisotopic (exact) mass is 306 g/mol. The van der Waals surface area contributed by atoms with Crippen LogP contribution >= 0.6 is 11.6 Å². The minimum atomic E-state index is -0.193. The molecule has 1 unspecified atom stereocenters. The summed E-state index contributed by atoms with van der Waals surface area (Å²) in [7, 11) is 3.85. The van der Waals surface area contributed by atoms with Gasteiger partial charge in [0.15, 0.2) is 5.65 Å². The van der Waals surface area contributed by atoms with Crippen LogP contribution in [0.5, 0.6) is 0 Å². The highest BCUT2D eigenvalue weighted by molar-refractivity contribution is 6.20. The highest BCUT2D eigenvalue weighted by Gasteiger charge is 2.23. The highest BCUT2D eigenvalue weighted by atomic mass is 35.5. The van der Waals surface area contributed by atoms with Gasteiger partial charge in [-0.05, 0) is 20.3 Å². The average molecular weight is 307 g/mol. The van der Waals surface area contributed by atoms with Gasteiger partial charge in [0.05, 0.1) is 22.5 Å². The van der Waals surface area contributed by atoms with Crippen LogP contribution in [0.2, 0.25) is 0 Å². The van der Waals surface area contributed by atoms with Crippen molar-refractivity contribution in [2.75, 3.05) is 0 Å². The summed E-state index contributed by atoms with van der Waals surface area (Å²) in [6.07, 6.45) is 2.86. The topological polar surface area (TPSA) is 53.5 Å². The zero-order chi connectivity index (χ0) is 15.3. The fourth-order valence-corrected chi connectivity index (χ4v) is 2.90. The van der Waals surface area contributed by atoms with E-state index in [-0.39, 0.29) is 5.38 Å². The number of aryl methyl sites for hydroxylation is 4. The predicted molar refractivity (Wildman–Crippen MR) is 83.0 cm³/mol. The van der Waals surface area contributed by atoms with Crippen LogP contribution in [0.25, 0.3) is 16.9 Å². The molecule has 0 fully saturated rings. The van der Waals surface area contributed by atoms with Gasteiger partial charge in [0.1, 0.15) is 11.3 Å². The minimum Gasteiger partial charge on any atom is -0.276 e. The molecule has 0 bridgehead atoms. The zero-order valence-electron chi connectivity index (χ0n) is 12.9. The molecule has 1 atom stereocenters. The SMILES string of the molecule is CCc1nn(C)cc1-n1c(C(C)Cl)nc2c(C)nn(C)c21. The molecule has 6 nitrogen and oxygen atoms in total. The Hall–Kier alpha value is -1.82. The number of fused-ring (bicyclic) bond motifs is 1. The Morgan fingerprint density at radius 3 is 2.62 bits per heavy atom. The molecule has 3 rings (SSSR count). The molecule has 0 spiro atoms. The Kier molecular flexibility index (Phi) is 3.28. The minimum absolute atomic E-state index is 0.193. The second-order valence-electron chi connectivity index (χ2n) is 5.29. The summed E-state index contributed by atoms with van der Waals surface area (Å²) in [5.41, 5.74) is 4.80. The van der Waals surface area contributed by atoms with Gasteiger partial charge in [-0.1, -0.05) is 6.92 Å². The van der Waals surface area contributed by atoms with Gasteiger partial charge in [-0.25, -0.2) is 9.67 Å². The van der Waals surface area contributed by atoms with Gasteiger partial charge in [0.2, 0.25) is 0 Å². The van der Waals surface area contributed by atoms with Crippen molar-refractivity contribution in [3.63, 3.8) is 0 Å². The summed E-state index contributed by atoms with van der Waals surface area (Å²) in [5, 5.41) is 8.79. The van der Waals surface area contributed by atoms with Crippen molar-refractivity contribution in [1.29, 1.82) is 0 Å². The van der Waals surface area contributed by atoms with E-state index in [4.69, 9.17) is 16.6 Å². The van der Waals surface area contributed by atoms with Crippen LogP contribution in [0.1, 0.15) is 36.4 Å². The van der Waals surface area contributed by atoms with Gasteiger partial charge in [0, 0.05) is 20.3 Å². The number of halogens is 1. The van der Waals surface area contributed by atoms with Crippen LogP contribution in [0.4, 0.5) is 0 Å². The second kappa shape index (κ2) is 4.87. The van der Waals surface area contributed by atoms with E-state index >= 15 is 0 Å². The van der Waals surface area contributed by atoms with Gasteiger partial charge >= 0.3 is 0 Å². The fraction of sp³-hybridized carbons (Fsp3) is 0.500. The molecule has 21 heavy (non-hydrogen) atoms. The molecule has 3 heterocycles. The molecule has 0 radical (unpaired) electrons. The first kappa shape index (κ1) is 14.1. The van der Waals surface area contributed by atoms with Crippen molar-refractivity contribution in [3.8, 4) is 5.69 Å². The number of alkyl halides is 1. The molecule has 112 valence electrons. The van der Waals surface area contributed by atoms with E-state index in [0.29, 0.717) is 0 Å². The van der Waals surface area contributed by atoms with Gasteiger partial charge in [-0.15, -0.1) is 11.6 Å². The van der Waals surface area contributed by atoms with Crippen LogP contribution in [0.15, 0.2) is 6.20 Å². The Bertz CT molecular complexity index is 807. The number of rotatable bonds is 3. The molecule has 3 aromatic rings. The number of aromatic nitrogens is 6. The van der Waals surface area contributed by atoms with Gasteiger partial charge in [-0.2, -0.15) is 10.2 Å². The largest absolute Gasteiger partial charge is 0.276 e. The maximum atomic E-state index is 6.35. The van der Waals surface area contributed by atoms with E-state index in [2.05, 4.69) is 21.7 Å². The van der Waals surface area contributed by atoms with Crippen LogP contribution < -0.4 is 0 Å². The fourth-order valence-electron chi connectivity index (χ4n) is 2.75. The Morgan fingerprint density at radius 1 is 1.29 bits per heavy atom. The Labute approximate surface area is 128 Å². The highest BCUT2D eigenvalue weighted by Crippen LogP contribution is 2.30. The van der Waals surface area contributed by atoms with E-state index in [1.165, 1.54) is 0 Å². The van der Waals surface area contributed by atoms with Crippen LogP contribution in [-0.4, -0.2) is 29.1 Å². The molecule has 0 amide bonds. The predicted octanol–water partition coefficient (Wildman–Crippen LogP) is 2.66. The third kappa shape index (κ3) is 2.05. The molecule has 0 aliphatic rings. The molecule has 3 aromatic heterocycles. The first-order valence-corrected chi connectivity index (χ1v) is 7.46. The Morgan fingerprint density at radius 2 is 2.00 bits per heavy atom. The summed E-state index contributed by atoms with van der Waals surface area (Å²) in [6, 6.07) is 0. The van der Waals surface area contributed by atoms with Crippen LogP contribution in [-0.2, 0) is 20.5 Å². The third-order valence-corrected chi connectivity index (χ3v) is 3.84.